The third kappa shape index (κ3) is 6.38. The van der Waals surface area contributed by atoms with Gasteiger partial charge in [-0.05, 0) is 60.7 Å². The molecular weight excluding hydrogens is 478 g/mol. The summed E-state index contributed by atoms with van der Waals surface area (Å²) in [4.78, 5) is 33.0. The minimum atomic E-state index is 0.0436. The Balaban J connectivity index is 1.45. The Morgan fingerprint density at radius 1 is 0.895 bits per heavy atom. The van der Waals surface area contributed by atoms with Gasteiger partial charge in [-0.1, -0.05) is 31.4 Å². The number of morpholine rings is 1. The van der Waals surface area contributed by atoms with Crippen LogP contribution >= 0.6 is 0 Å². The lowest BCUT2D eigenvalue weighted by Gasteiger charge is -2.30. The van der Waals surface area contributed by atoms with Gasteiger partial charge in [0.15, 0.2) is 0 Å². The molecule has 1 unspecified atom stereocenters. The van der Waals surface area contributed by atoms with Gasteiger partial charge >= 0.3 is 0 Å². The van der Waals surface area contributed by atoms with Gasteiger partial charge in [0.05, 0.1) is 13.2 Å². The number of hydrogen-bond donors (Lipinski definition) is 0. The van der Waals surface area contributed by atoms with Crippen LogP contribution in [0.4, 0.5) is 5.69 Å². The van der Waals surface area contributed by atoms with Gasteiger partial charge < -0.3 is 19.3 Å². The number of fused-ring (bicyclic) bond motifs is 2. The van der Waals surface area contributed by atoms with Crippen LogP contribution in [0.15, 0.2) is 36.4 Å². The first-order chi connectivity index (χ1) is 18.5. The van der Waals surface area contributed by atoms with Crippen molar-refractivity contribution >= 4 is 17.5 Å². The van der Waals surface area contributed by atoms with Crippen LogP contribution < -0.4 is 9.64 Å². The van der Waals surface area contributed by atoms with Gasteiger partial charge in [0, 0.05) is 63.9 Å². The quantitative estimate of drug-likeness (QED) is 0.583. The number of nitrogens with zero attached hydrogens (tertiary/aromatic N) is 3. The van der Waals surface area contributed by atoms with E-state index in [2.05, 4.69) is 30.0 Å². The Labute approximate surface area is 226 Å². The molecule has 1 fully saturated rings. The Morgan fingerprint density at radius 2 is 1.66 bits per heavy atom. The lowest BCUT2D eigenvalue weighted by atomic mass is 10.0. The van der Waals surface area contributed by atoms with E-state index in [-0.39, 0.29) is 17.9 Å². The van der Waals surface area contributed by atoms with E-state index in [1.165, 1.54) is 5.56 Å². The molecule has 0 aliphatic carbocycles. The van der Waals surface area contributed by atoms with Crippen molar-refractivity contribution in [1.82, 2.24) is 9.80 Å². The van der Waals surface area contributed by atoms with Gasteiger partial charge in [-0.15, -0.1) is 0 Å². The molecule has 3 aliphatic heterocycles. The minimum absolute atomic E-state index is 0.0436. The molecule has 1 atom stereocenters. The van der Waals surface area contributed by atoms with E-state index in [4.69, 9.17) is 9.47 Å². The number of carbonyl (C=O) groups is 2. The average Bonchev–Trinajstić information content (AvgIpc) is 3.28. The Bertz CT molecular complexity index is 1140. The second-order valence-corrected chi connectivity index (χ2v) is 11.0. The largest absolute Gasteiger partial charge is 0.490 e. The zero-order valence-electron chi connectivity index (χ0n) is 22.9. The Morgan fingerprint density at radius 3 is 2.45 bits per heavy atom. The predicted octanol–water partition coefficient (Wildman–Crippen LogP) is 4.80. The predicted molar refractivity (Wildman–Crippen MR) is 149 cm³/mol. The summed E-state index contributed by atoms with van der Waals surface area (Å²) in [7, 11) is 0. The monoisotopic (exact) mass is 519 g/mol. The number of hydrogen-bond acceptors (Lipinski definition) is 5. The van der Waals surface area contributed by atoms with Crippen molar-refractivity contribution in [3.63, 3.8) is 0 Å². The van der Waals surface area contributed by atoms with Gasteiger partial charge in [0.2, 0.25) is 5.91 Å². The third-order valence-electron chi connectivity index (χ3n) is 7.93. The van der Waals surface area contributed by atoms with E-state index in [1.807, 2.05) is 28.0 Å². The standard InChI is InChI=1S/C31H41N3O4/c1-23-18-28-20-26(10-11-30(28)38-23)31(36)33-12-6-4-3-5-7-13-34(24(2)35)29-19-25(8-9-27(29)22-33)21-32-14-16-37-17-15-32/h8-11,19-20,23H,3-7,12-18,21-22H2,1-2H3. The van der Waals surface area contributed by atoms with Crippen LogP contribution in [0, 0.1) is 0 Å². The highest BCUT2D eigenvalue weighted by atomic mass is 16.5. The summed E-state index contributed by atoms with van der Waals surface area (Å²) in [5.41, 5.74) is 4.97. The van der Waals surface area contributed by atoms with Crippen molar-refractivity contribution in [1.29, 1.82) is 0 Å². The molecule has 38 heavy (non-hydrogen) atoms. The number of rotatable bonds is 3. The fourth-order valence-corrected chi connectivity index (χ4v) is 5.86. The molecule has 0 spiro atoms. The average molecular weight is 520 g/mol. The van der Waals surface area contributed by atoms with Crippen molar-refractivity contribution < 1.29 is 19.1 Å². The fraction of sp³-hybridized carbons (Fsp3) is 0.548. The summed E-state index contributed by atoms with van der Waals surface area (Å²) in [6.45, 7) is 9.80. The molecule has 204 valence electrons. The summed E-state index contributed by atoms with van der Waals surface area (Å²) >= 11 is 0. The molecule has 2 aromatic carbocycles. The van der Waals surface area contributed by atoms with E-state index in [9.17, 15) is 9.59 Å². The summed E-state index contributed by atoms with van der Waals surface area (Å²) in [6, 6.07) is 12.3. The van der Waals surface area contributed by atoms with Crippen molar-refractivity contribution in [2.24, 2.45) is 0 Å². The molecule has 1 saturated heterocycles. The van der Waals surface area contributed by atoms with Gasteiger partial charge in [0.1, 0.15) is 11.9 Å². The van der Waals surface area contributed by atoms with Crippen LogP contribution in [0.25, 0.3) is 0 Å². The maximum atomic E-state index is 13.8. The molecule has 3 aliphatic rings. The van der Waals surface area contributed by atoms with Crippen molar-refractivity contribution in [2.75, 3.05) is 44.3 Å². The van der Waals surface area contributed by atoms with Crippen LogP contribution in [-0.4, -0.2) is 67.1 Å². The van der Waals surface area contributed by atoms with E-state index >= 15 is 0 Å². The fourth-order valence-electron chi connectivity index (χ4n) is 5.86. The molecule has 2 amide bonds. The maximum Gasteiger partial charge on any atom is 0.254 e. The summed E-state index contributed by atoms with van der Waals surface area (Å²) in [6.07, 6.45) is 6.25. The van der Waals surface area contributed by atoms with E-state index in [1.54, 1.807) is 6.92 Å². The smallest absolute Gasteiger partial charge is 0.254 e. The molecule has 0 N–H and O–H groups in total. The topological polar surface area (TPSA) is 62.3 Å². The van der Waals surface area contributed by atoms with Crippen LogP contribution in [0.5, 0.6) is 5.75 Å². The molecule has 0 radical (unpaired) electrons. The molecule has 7 heteroatoms. The number of anilines is 1. The number of ether oxygens (including phenoxy) is 2. The Hall–Kier alpha value is -2.90. The maximum absolute atomic E-state index is 13.8. The van der Waals surface area contributed by atoms with Crippen molar-refractivity contribution in [3.8, 4) is 5.75 Å². The van der Waals surface area contributed by atoms with Gasteiger partial charge in [-0.2, -0.15) is 0 Å². The zero-order chi connectivity index (χ0) is 26.5. The van der Waals surface area contributed by atoms with E-state index in [0.717, 1.165) is 93.9 Å². The zero-order valence-corrected chi connectivity index (χ0v) is 22.9. The van der Waals surface area contributed by atoms with Crippen LogP contribution in [-0.2, 0) is 29.0 Å². The molecule has 2 aromatic rings. The first kappa shape index (κ1) is 26.7. The molecule has 5 rings (SSSR count). The first-order valence-electron chi connectivity index (χ1n) is 14.3. The second kappa shape index (κ2) is 12.3. The third-order valence-corrected chi connectivity index (χ3v) is 7.93. The van der Waals surface area contributed by atoms with Crippen LogP contribution in [0.3, 0.4) is 0 Å². The van der Waals surface area contributed by atoms with E-state index < -0.39 is 0 Å². The molecule has 0 saturated carbocycles. The molecule has 0 aromatic heterocycles. The lowest BCUT2D eigenvalue weighted by Crippen LogP contribution is -2.36. The van der Waals surface area contributed by atoms with Gasteiger partial charge in [-0.3, -0.25) is 14.5 Å². The second-order valence-electron chi connectivity index (χ2n) is 11.0. The summed E-state index contributed by atoms with van der Waals surface area (Å²) < 4.78 is 11.4. The number of amides is 2. The van der Waals surface area contributed by atoms with Gasteiger partial charge in [0.25, 0.3) is 5.91 Å². The summed E-state index contributed by atoms with van der Waals surface area (Å²) in [5, 5.41) is 0. The normalized spacial score (nSPS) is 21.1. The van der Waals surface area contributed by atoms with Gasteiger partial charge in [-0.25, -0.2) is 0 Å². The molecule has 0 bridgehead atoms. The summed E-state index contributed by atoms with van der Waals surface area (Å²) in [5.74, 6) is 0.984. The highest BCUT2D eigenvalue weighted by molar-refractivity contribution is 5.95. The molecular formula is C31H41N3O4. The number of benzene rings is 2. The SMILES string of the molecule is CC(=O)N1CCCCCCCN(C(=O)c2ccc3c(c2)CC(C)O3)Cc2ccc(CN3CCOCC3)cc21. The van der Waals surface area contributed by atoms with E-state index in [0.29, 0.717) is 25.2 Å². The van der Waals surface area contributed by atoms with Crippen molar-refractivity contribution in [2.45, 2.75) is 71.6 Å². The Kier molecular flexibility index (Phi) is 8.65. The highest BCUT2D eigenvalue weighted by Gasteiger charge is 2.25. The highest BCUT2D eigenvalue weighted by Crippen LogP contribution is 2.31. The van der Waals surface area contributed by atoms with Crippen molar-refractivity contribution in [3.05, 3.63) is 58.7 Å². The minimum Gasteiger partial charge on any atom is -0.490 e. The molecule has 3 heterocycles. The lowest BCUT2D eigenvalue weighted by molar-refractivity contribution is -0.116. The van der Waals surface area contributed by atoms with Crippen LogP contribution in [0.2, 0.25) is 0 Å². The van der Waals surface area contributed by atoms with Crippen LogP contribution in [0.1, 0.15) is 73.0 Å². The number of carbonyl (C=O) groups excluding carboxylic acids is 2. The molecule has 7 nitrogen and oxygen atoms in total. The first-order valence-corrected chi connectivity index (χ1v) is 14.3.